The molecule has 8 heteroatoms. The molecule has 0 saturated carbocycles. The van der Waals surface area contributed by atoms with Crippen molar-refractivity contribution in [3.8, 4) is 12.3 Å². The molecule has 0 bridgehead atoms. The Morgan fingerprint density at radius 2 is 2.20 bits per heavy atom. The van der Waals surface area contributed by atoms with E-state index in [2.05, 4.69) is 15.9 Å². The van der Waals surface area contributed by atoms with Crippen molar-refractivity contribution in [1.29, 1.82) is 0 Å². The van der Waals surface area contributed by atoms with Crippen molar-refractivity contribution in [3.05, 3.63) is 53.4 Å². The molecule has 7 nitrogen and oxygen atoms in total. The highest BCUT2D eigenvalue weighted by Gasteiger charge is 2.41. The van der Waals surface area contributed by atoms with E-state index < -0.39 is 11.5 Å². The highest BCUT2D eigenvalue weighted by molar-refractivity contribution is 6.28. The molecule has 3 atom stereocenters. The minimum atomic E-state index is -1.00. The largest absolute Gasteiger partial charge is 0.461 e. The number of benzene rings is 1. The molecule has 2 aromatic heterocycles. The second kappa shape index (κ2) is 7.98. The van der Waals surface area contributed by atoms with Crippen LogP contribution in [0.25, 0.3) is 11.0 Å². The second-order valence-electron chi connectivity index (χ2n) is 7.33. The van der Waals surface area contributed by atoms with Crippen molar-refractivity contribution in [2.45, 2.75) is 37.5 Å². The lowest BCUT2D eigenvalue weighted by molar-refractivity contribution is -0.153. The molecule has 0 aliphatic carbocycles. The van der Waals surface area contributed by atoms with Gasteiger partial charge in [-0.3, -0.25) is 4.79 Å². The summed E-state index contributed by atoms with van der Waals surface area (Å²) in [5.41, 5.74) is 6.38. The van der Waals surface area contributed by atoms with Gasteiger partial charge in [-0.25, -0.2) is 4.98 Å². The van der Waals surface area contributed by atoms with Gasteiger partial charge in [0.1, 0.15) is 24.3 Å². The standard InChI is InChI=1S/C22H21ClN4O3/c1-3-22(13-29-20(28)14(2)15-7-5-4-6-8-15)11-9-17(30-22)27-12-10-16-18(24)25-21(23)26-19(16)27/h1,4-8,10,12,14,17H,9,11,13H2,2H3,(H2,24,25,26)/t14-,17-,22?/m1/s1. The van der Waals surface area contributed by atoms with Crippen LogP contribution in [0.15, 0.2) is 42.6 Å². The van der Waals surface area contributed by atoms with Crippen LogP contribution in [-0.4, -0.2) is 32.7 Å². The van der Waals surface area contributed by atoms with E-state index in [9.17, 15) is 4.79 Å². The Bertz CT molecular complexity index is 1120. The molecule has 1 saturated heterocycles. The highest BCUT2D eigenvalue weighted by atomic mass is 35.5. The van der Waals surface area contributed by atoms with E-state index in [1.54, 1.807) is 6.92 Å². The minimum absolute atomic E-state index is 0.0207. The fraction of sp³-hybridized carbons (Fsp3) is 0.318. The Balaban J connectivity index is 1.48. The molecule has 3 aromatic rings. The summed E-state index contributed by atoms with van der Waals surface area (Å²) in [5.74, 6) is 2.24. The summed E-state index contributed by atoms with van der Waals surface area (Å²) < 4.78 is 13.5. The van der Waals surface area contributed by atoms with E-state index in [0.29, 0.717) is 29.7 Å². The van der Waals surface area contributed by atoms with Crippen LogP contribution in [0.2, 0.25) is 5.28 Å². The maximum Gasteiger partial charge on any atom is 0.313 e. The fourth-order valence-electron chi connectivity index (χ4n) is 3.64. The van der Waals surface area contributed by atoms with Gasteiger partial charge in [0.2, 0.25) is 5.28 Å². The van der Waals surface area contributed by atoms with Crippen molar-refractivity contribution in [2.75, 3.05) is 12.3 Å². The molecule has 3 heterocycles. The fourth-order valence-corrected chi connectivity index (χ4v) is 3.81. The molecule has 154 valence electrons. The van der Waals surface area contributed by atoms with Crippen molar-refractivity contribution in [1.82, 2.24) is 14.5 Å². The summed E-state index contributed by atoms with van der Waals surface area (Å²) in [4.78, 5) is 20.8. The summed E-state index contributed by atoms with van der Waals surface area (Å²) >= 11 is 5.96. The normalized spacial score (nSPS) is 22.0. The van der Waals surface area contributed by atoms with Crippen LogP contribution in [0, 0.1) is 12.3 Å². The van der Waals surface area contributed by atoms with E-state index >= 15 is 0 Å². The van der Waals surface area contributed by atoms with Gasteiger partial charge in [0.25, 0.3) is 0 Å². The van der Waals surface area contributed by atoms with Crippen LogP contribution in [0.5, 0.6) is 0 Å². The average Bonchev–Trinajstić information content (AvgIpc) is 3.37. The lowest BCUT2D eigenvalue weighted by atomic mass is 10.0. The SMILES string of the molecule is C#CC1(COC(=O)[C@H](C)c2ccccc2)CC[C@H](n2ccc3c(N)nc(Cl)nc32)O1. The van der Waals surface area contributed by atoms with E-state index in [4.69, 9.17) is 33.2 Å². The van der Waals surface area contributed by atoms with Gasteiger partial charge in [-0.15, -0.1) is 6.42 Å². The first-order chi connectivity index (χ1) is 14.4. The van der Waals surface area contributed by atoms with E-state index in [-0.39, 0.29) is 24.1 Å². The number of nitrogen functional groups attached to an aromatic ring is 1. The Morgan fingerprint density at radius 3 is 2.93 bits per heavy atom. The van der Waals surface area contributed by atoms with Gasteiger partial charge in [0.05, 0.1) is 11.3 Å². The number of nitrogens with two attached hydrogens (primary N) is 1. The second-order valence-corrected chi connectivity index (χ2v) is 7.67. The van der Waals surface area contributed by atoms with Crippen LogP contribution >= 0.6 is 11.6 Å². The molecule has 0 spiro atoms. The quantitative estimate of drug-likeness (QED) is 0.381. The van der Waals surface area contributed by atoms with Crippen molar-refractivity contribution < 1.29 is 14.3 Å². The summed E-state index contributed by atoms with van der Waals surface area (Å²) in [6.07, 6.45) is 8.37. The molecule has 1 fully saturated rings. The number of anilines is 1. The number of carbonyl (C=O) groups is 1. The highest BCUT2D eigenvalue weighted by Crippen LogP contribution is 2.38. The number of ether oxygens (including phenoxy) is 2. The Morgan fingerprint density at radius 1 is 1.43 bits per heavy atom. The number of fused-ring (bicyclic) bond motifs is 1. The molecular formula is C22H21ClN4O3. The first-order valence-electron chi connectivity index (χ1n) is 9.59. The number of hydrogen-bond acceptors (Lipinski definition) is 6. The molecule has 1 aliphatic heterocycles. The maximum absolute atomic E-state index is 12.5. The number of hydrogen-bond donors (Lipinski definition) is 1. The van der Waals surface area contributed by atoms with Crippen LogP contribution in [0.1, 0.15) is 37.5 Å². The molecule has 0 amide bonds. The number of nitrogens with zero attached hydrogens (tertiary/aromatic N) is 3. The van der Waals surface area contributed by atoms with Crippen LogP contribution in [0.4, 0.5) is 5.82 Å². The van der Waals surface area contributed by atoms with Crippen LogP contribution in [0.3, 0.4) is 0 Å². The maximum atomic E-state index is 12.5. The van der Waals surface area contributed by atoms with E-state index in [0.717, 1.165) is 5.56 Å². The smallest absolute Gasteiger partial charge is 0.313 e. The Kier molecular flexibility index (Phi) is 5.37. The van der Waals surface area contributed by atoms with Gasteiger partial charge >= 0.3 is 5.97 Å². The van der Waals surface area contributed by atoms with Gasteiger partial charge in [-0.05, 0) is 43.0 Å². The van der Waals surface area contributed by atoms with Gasteiger partial charge in [-0.1, -0.05) is 36.3 Å². The zero-order chi connectivity index (χ0) is 21.3. The topological polar surface area (TPSA) is 92.3 Å². The summed E-state index contributed by atoms with van der Waals surface area (Å²) in [5, 5.41) is 0.745. The molecule has 1 aliphatic rings. The Labute approximate surface area is 179 Å². The van der Waals surface area contributed by atoms with Crippen LogP contribution in [-0.2, 0) is 14.3 Å². The number of rotatable bonds is 5. The van der Waals surface area contributed by atoms with Gasteiger partial charge in [0, 0.05) is 6.20 Å². The number of carbonyl (C=O) groups excluding carboxylic acids is 1. The average molecular weight is 425 g/mol. The first kappa shape index (κ1) is 20.2. The van der Waals surface area contributed by atoms with Gasteiger partial charge < -0.3 is 19.8 Å². The van der Waals surface area contributed by atoms with Gasteiger partial charge in [0.15, 0.2) is 5.60 Å². The van der Waals surface area contributed by atoms with E-state index in [1.165, 1.54) is 0 Å². The van der Waals surface area contributed by atoms with E-state index in [1.807, 2.05) is 47.2 Å². The lowest BCUT2D eigenvalue weighted by Crippen LogP contribution is -2.34. The van der Waals surface area contributed by atoms with Crippen LogP contribution < -0.4 is 5.73 Å². The van der Waals surface area contributed by atoms with Gasteiger partial charge in [-0.2, -0.15) is 4.98 Å². The van der Waals surface area contributed by atoms with Crippen molar-refractivity contribution in [3.63, 3.8) is 0 Å². The molecule has 0 radical (unpaired) electrons. The predicted molar refractivity (Wildman–Crippen MR) is 114 cm³/mol. The predicted octanol–water partition coefficient (Wildman–Crippen LogP) is 3.69. The summed E-state index contributed by atoms with van der Waals surface area (Å²) in [6.45, 7) is 1.78. The minimum Gasteiger partial charge on any atom is -0.461 e. The lowest BCUT2D eigenvalue weighted by Gasteiger charge is -2.25. The molecule has 4 rings (SSSR count). The summed E-state index contributed by atoms with van der Waals surface area (Å²) in [6, 6.07) is 11.3. The number of esters is 1. The third-order valence-corrected chi connectivity index (χ3v) is 5.57. The monoisotopic (exact) mass is 424 g/mol. The molecule has 30 heavy (non-hydrogen) atoms. The molecular weight excluding hydrogens is 404 g/mol. The third kappa shape index (κ3) is 3.72. The summed E-state index contributed by atoms with van der Waals surface area (Å²) in [7, 11) is 0. The molecule has 1 unspecified atom stereocenters. The third-order valence-electron chi connectivity index (χ3n) is 5.40. The zero-order valence-electron chi connectivity index (χ0n) is 16.4. The zero-order valence-corrected chi connectivity index (χ0v) is 17.2. The first-order valence-corrected chi connectivity index (χ1v) is 9.97. The van der Waals surface area contributed by atoms with Crippen molar-refractivity contribution >= 4 is 34.4 Å². The number of terminal acetylenes is 1. The van der Waals surface area contributed by atoms with Crippen molar-refractivity contribution in [2.24, 2.45) is 0 Å². The Hall–Kier alpha value is -3.08. The molecule has 2 N–H and O–H groups in total. The number of halogens is 1. The molecule has 1 aromatic carbocycles. The number of aromatic nitrogens is 3.